The van der Waals surface area contributed by atoms with Crippen molar-refractivity contribution in [2.24, 2.45) is 7.05 Å². The van der Waals surface area contributed by atoms with Gasteiger partial charge in [0.15, 0.2) is 11.0 Å². The Balaban J connectivity index is 0.000000207. The highest BCUT2D eigenvalue weighted by Crippen LogP contribution is 2.21. The molecule has 5 nitrogen and oxygen atoms in total. The van der Waals surface area contributed by atoms with E-state index in [0.717, 1.165) is 0 Å². The highest BCUT2D eigenvalue weighted by molar-refractivity contribution is 7.86. The molecule has 1 atom stereocenters. The molecule has 0 radical (unpaired) electrons. The van der Waals surface area contributed by atoms with Crippen LogP contribution in [-0.4, -0.2) is 23.2 Å². The van der Waals surface area contributed by atoms with Crippen molar-refractivity contribution in [2.75, 3.05) is 0 Å². The first kappa shape index (κ1) is 17.4. The number of aryl methyl sites for hydroxylation is 2. The largest absolute Gasteiger partial charge is 0.748 e. The van der Waals surface area contributed by atoms with Gasteiger partial charge in [-0.3, -0.25) is 0 Å². The number of aromatic amines is 1. The second-order valence-corrected chi connectivity index (χ2v) is 7.45. The van der Waals surface area contributed by atoms with Crippen LogP contribution in [0.3, 0.4) is 0 Å². The number of nitrogens with zero attached hydrogens (tertiary/aromatic N) is 1. The quantitative estimate of drug-likeness (QED) is 0.578. The van der Waals surface area contributed by atoms with Gasteiger partial charge >= 0.3 is 0 Å². The lowest BCUT2D eigenvalue weighted by Gasteiger charge is -2.12. The Bertz CT molecular complexity index is 930. The first-order valence-corrected chi connectivity index (χ1v) is 9.03. The zero-order valence-corrected chi connectivity index (χ0v) is 14.6. The van der Waals surface area contributed by atoms with Gasteiger partial charge < -0.3 is 4.55 Å². The van der Waals surface area contributed by atoms with E-state index in [1.54, 1.807) is 6.92 Å². The summed E-state index contributed by atoms with van der Waals surface area (Å²) in [5.74, 6) is 1.18. The fourth-order valence-electron chi connectivity index (χ4n) is 2.37. The van der Waals surface area contributed by atoms with Crippen LogP contribution in [0, 0.1) is 6.92 Å². The van der Waals surface area contributed by atoms with Crippen LogP contribution in [-0.2, 0) is 17.2 Å². The maximum absolute atomic E-state index is 10.0. The van der Waals surface area contributed by atoms with Crippen molar-refractivity contribution in [3.05, 3.63) is 42.2 Å². The third kappa shape index (κ3) is 3.71. The lowest BCUT2D eigenvalue weighted by molar-refractivity contribution is -0.650. The molecule has 1 aromatic heterocycles. The number of benzene rings is 2. The average Bonchev–Trinajstić information content (AvgIpc) is 2.81. The Morgan fingerprint density at radius 2 is 1.87 bits per heavy atom. The van der Waals surface area contributed by atoms with Gasteiger partial charge in [-0.1, -0.05) is 25.1 Å². The summed E-state index contributed by atoms with van der Waals surface area (Å²) in [5.41, 5.74) is 2.49. The van der Waals surface area contributed by atoms with E-state index >= 15 is 0 Å². The Hall–Kier alpha value is -1.92. The molecule has 0 spiro atoms. The molecule has 0 aliphatic heterocycles. The average molecular weight is 334 g/mol. The van der Waals surface area contributed by atoms with Crippen molar-refractivity contribution >= 4 is 31.9 Å². The lowest BCUT2D eigenvalue weighted by atomic mass is 10.1. The van der Waals surface area contributed by atoms with E-state index in [9.17, 15) is 13.0 Å². The van der Waals surface area contributed by atoms with Crippen molar-refractivity contribution in [2.45, 2.75) is 32.4 Å². The standard InChI is InChI=1S/C13H12N2.C4H10O3S/c1-9-14-12-8-7-10-5-3-4-6-11(10)13(12)15(9)2;1-3-4(2)8(5,6)7/h3-8H,1-2H3;4H,3H2,1-2H3,(H,5,6,7). The number of imidazole rings is 1. The predicted molar refractivity (Wildman–Crippen MR) is 91.2 cm³/mol. The molecule has 1 heterocycles. The normalized spacial score (nSPS) is 12.9. The minimum absolute atomic E-state index is 0.395. The highest BCUT2D eigenvalue weighted by atomic mass is 32.2. The number of nitrogens with one attached hydrogen (secondary N) is 1. The first-order valence-electron chi connectivity index (χ1n) is 7.56. The molecule has 1 unspecified atom stereocenters. The summed E-state index contributed by atoms with van der Waals surface area (Å²) in [6.45, 7) is 5.16. The van der Waals surface area contributed by atoms with Gasteiger partial charge in [-0.15, -0.1) is 0 Å². The topological polar surface area (TPSA) is 76.9 Å². The second-order valence-electron chi connectivity index (χ2n) is 5.66. The lowest BCUT2D eigenvalue weighted by Crippen LogP contribution is -2.29. The van der Waals surface area contributed by atoms with Crippen molar-refractivity contribution in [3.63, 3.8) is 0 Å². The van der Waals surface area contributed by atoms with Gasteiger partial charge in [-0.05, 0) is 36.9 Å². The van der Waals surface area contributed by atoms with Crippen LogP contribution in [0.5, 0.6) is 0 Å². The van der Waals surface area contributed by atoms with E-state index < -0.39 is 15.4 Å². The Morgan fingerprint density at radius 1 is 1.22 bits per heavy atom. The van der Waals surface area contributed by atoms with Crippen molar-refractivity contribution < 1.29 is 17.5 Å². The second kappa shape index (κ2) is 6.68. The summed E-state index contributed by atoms with van der Waals surface area (Å²) >= 11 is 0. The van der Waals surface area contributed by atoms with E-state index in [-0.39, 0.29) is 0 Å². The zero-order valence-electron chi connectivity index (χ0n) is 13.8. The molecule has 0 saturated heterocycles. The molecule has 2 aromatic carbocycles. The molecule has 3 rings (SSSR count). The minimum Gasteiger partial charge on any atom is -0.748 e. The Kier molecular flexibility index (Phi) is 5.06. The molecule has 3 aromatic rings. The maximum atomic E-state index is 10.0. The number of H-pyrrole nitrogens is 1. The molecule has 0 fully saturated rings. The molecule has 23 heavy (non-hydrogen) atoms. The third-order valence-electron chi connectivity index (χ3n) is 4.12. The fourth-order valence-corrected chi connectivity index (χ4v) is 2.78. The van der Waals surface area contributed by atoms with Gasteiger partial charge in [-0.25, -0.2) is 18.0 Å². The minimum atomic E-state index is -4.00. The molecular formula is C17H22N2O3S. The summed E-state index contributed by atoms with van der Waals surface area (Å²) < 4.78 is 32.2. The monoisotopic (exact) mass is 334 g/mol. The third-order valence-corrected chi connectivity index (χ3v) is 5.44. The number of hydrogen-bond acceptors (Lipinski definition) is 3. The summed E-state index contributed by atoms with van der Waals surface area (Å²) in [6.07, 6.45) is 0.395. The van der Waals surface area contributed by atoms with Crippen molar-refractivity contribution in [1.82, 2.24) is 4.98 Å². The molecule has 0 aliphatic rings. The van der Waals surface area contributed by atoms with Gasteiger partial charge in [0.05, 0.1) is 17.2 Å². The summed E-state index contributed by atoms with van der Waals surface area (Å²) in [7, 11) is -1.91. The number of hydrogen-bond donors (Lipinski definition) is 1. The molecule has 0 aliphatic carbocycles. The van der Waals surface area contributed by atoms with Crippen LogP contribution >= 0.6 is 0 Å². The van der Waals surface area contributed by atoms with Crippen LogP contribution in [0.25, 0.3) is 21.8 Å². The number of aromatic nitrogens is 2. The van der Waals surface area contributed by atoms with Crippen LogP contribution < -0.4 is 4.57 Å². The van der Waals surface area contributed by atoms with Gasteiger partial charge in [0, 0.05) is 17.6 Å². The van der Waals surface area contributed by atoms with Gasteiger partial charge in [0.1, 0.15) is 0 Å². The van der Waals surface area contributed by atoms with Crippen LogP contribution in [0.15, 0.2) is 36.4 Å². The zero-order chi connectivity index (χ0) is 17.2. The number of fused-ring (bicyclic) bond motifs is 3. The van der Waals surface area contributed by atoms with Crippen molar-refractivity contribution in [1.29, 1.82) is 0 Å². The van der Waals surface area contributed by atoms with Gasteiger partial charge in [-0.2, -0.15) is 0 Å². The van der Waals surface area contributed by atoms with E-state index in [1.807, 2.05) is 0 Å². The van der Waals surface area contributed by atoms with Crippen molar-refractivity contribution in [3.8, 4) is 0 Å². The molecular weight excluding hydrogens is 312 g/mol. The molecule has 6 heteroatoms. The Labute approximate surface area is 136 Å². The van der Waals surface area contributed by atoms with Gasteiger partial charge in [0.25, 0.3) is 5.82 Å². The van der Waals surface area contributed by atoms with Gasteiger partial charge in [0.2, 0.25) is 0 Å². The van der Waals surface area contributed by atoms with E-state index in [2.05, 4.69) is 59.9 Å². The van der Waals surface area contributed by atoms with E-state index in [4.69, 9.17) is 0 Å². The molecule has 1 N–H and O–H groups in total. The SMILES string of the molecule is CCC(C)S(=O)(=O)[O-].Cc1[nH]c2ccc3ccccc3c2[n+]1C. The molecule has 124 valence electrons. The molecule has 0 saturated carbocycles. The summed E-state index contributed by atoms with van der Waals surface area (Å²) in [6, 6.07) is 12.8. The highest BCUT2D eigenvalue weighted by Gasteiger charge is 2.13. The van der Waals surface area contributed by atoms with Crippen LogP contribution in [0.4, 0.5) is 0 Å². The van der Waals surface area contributed by atoms with E-state index in [0.29, 0.717) is 6.42 Å². The smallest absolute Gasteiger partial charge is 0.251 e. The number of rotatable bonds is 2. The van der Waals surface area contributed by atoms with Crippen LogP contribution in [0.2, 0.25) is 0 Å². The summed E-state index contributed by atoms with van der Waals surface area (Å²) in [4.78, 5) is 3.38. The van der Waals surface area contributed by atoms with Crippen LogP contribution in [0.1, 0.15) is 26.1 Å². The molecule has 0 amide bonds. The maximum Gasteiger partial charge on any atom is 0.251 e. The molecule has 0 bridgehead atoms. The first-order chi connectivity index (χ1) is 10.8. The Morgan fingerprint density at radius 3 is 2.43 bits per heavy atom. The fraction of sp³-hybridized carbons (Fsp3) is 0.353. The summed E-state index contributed by atoms with van der Waals surface area (Å²) in [5, 5.41) is 1.86. The van der Waals surface area contributed by atoms with E-state index in [1.165, 1.54) is 34.6 Å². The predicted octanol–water partition coefficient (Wildman–Crippen LogP) is 2.78.